The van der Waals surface area contributed by atoms with Gasteiger partial charge in [-0.1, -0.05) is 0 Å². The van der Waals surface area contributed by atoms with Crippen molar-refractivity contribution < 1.29 is 13.2 Å². The van der Waals surface area contributed by atoms with Crippen molar-refractivity contribution in [2.75, 3.05) is 13.1 Å². The third-order valence-electron chi connectivity index (χ3n) is 2.11. The lowest BCUT2D eigenvalue weighted by atomic mass is 9.93. The van der Waals surface area contributed by atoms with Gasteiger partial charge < -0.3 is 5.32 Å². The Bertz CT molecular complexity index is 142. The number of halogens is 4. The molecule has 1 aliphatic heterocycles. The number of piperidine rings is 1. The molecule has 0 saturated carbocycles. The summed E-state index contributed by atoms with van der Waals surface area (Å²) in [5.74, 6) is -0.513. The van der Waals surface area contributed by atoms with Gasteiger partial charge >= 0.3 is 4.83 Å². The fourth-order valence-electron chi connectivity index (χ4n) is 1.40. The second-order valence-corrected chi connectivity index (χ2v) is 4.09. The van der Waals surface area contributed by atoms with Crippen LogP contribution in [0.3, 0.4) is 0 Å². The lowest BCUT2D eigenvalue weighted by Crippen LogP contribution is -2.38. The zero-order valence-electron chi connectivity index (χ0n) is 6.49. The molecular formula is C7H11BrF3N. The number of nitrogens with one attached hydrogen (secondary N) is 1. The SMILES string of the molecule is FC(C1CCNCC1)C(F)(F)Br. The van der Waals surface area contributed by atoms with Crippen molar-refractivity contribution >= 4 is 15.9 Å². The Kier molecular flexibility index (Phi) is 3.40. The van der Waals surface area contributed by atoms with Crippen LogP contribution in [0.2, 0.25) is 0 Å². The normalized spacial score (nSPS) is 24.0. The molecule has 1 unspecified atom stereocenters. The highest BCUT2D eigenvalue weighted by atomic mass is 79.9. The smallest absolute Gasteiger partial charge is 0.317 e. The monoisotopic (exact) mass is 245 g/mol. The molecule has 1 atom stereocenters. The topological polar surface area (TPSA) is 12.0 Å². The van der Waals surface area contributed by atoms with Crippen molar-refractivity contribution in [3.63, 3.8) is 0 Å². The van der Waals surface area contributed by atoms with Crippen molar-refractivity contribution in [1.82, 2.24) is 5.32 Å². The minimum atomic E-state index is -3.37. The van der Waals surface area contributed by atoms with E-state index in [0.717, 1.165) is 0 Å². The number of hydrogen-bond donors (Lipinski definition) is 1. The molecule has 0 amide bonds. The molecule has 1 saturated heterocycles. The van der Waals surface area contributed by atoms with Crippen LogP contribution in [0.25, 0.3) is 0 Å². The van der Waals surface area contributed by atoms with Gasteiger partial charge in [-0.25, -0.2) is 4.39 Å². The Morgan fingerprint density at radius 3 is 2.25 bits per heavy atom. The molecule has 0 aliphatic carbocycles. The van der Waals surface area contributed by atoms with E-state index >= 15 is 0 Å². The van der Waals surface area contributed by atoms with Crippen molar-refractivity contribution in [3.05, 3.63) is 0 Å². The van der Waals surface area contributed by atoms with Gasteiger partial charge in [0.05, 0.1) is 0 Å². The Morgan fingerprint density at radius 1 is 1.33 bits per heavy atom. The molecule has 1 heterocycles. The summed E-state index contributed by atoms with van der Waals surface area (Å²) >= 11 is 2.05. The third-order valence-corrected chi connectivity index (χ3v) is 2.55. The summed E-state index contributed by atoms with van der Waals surface area (Å²) in [6.07, 6.45) is -1.08. The van der Waals surface area contributed by atoms with Gasteiger partial charge in [-0.2, -0.15) is 8.78 Å². The van der Waals surface area contributed by atoms with Gasteiger partial charge in [0.25, 0.3) is 0 Å². The van der Waals surface area contributed by atoms with Crippen molar-refractivity contribution in [1.29, 1.82) is 0 Å². The maximum atomic E-state index is 13.0. The van der Waals surface area contributed by atoms with Gasteiger partial charge in [0, 0.05) is 0 Å². The summed E-state index contributed by atoms with van der Waals surface area (Å²) in [6, 6.07) is 0. The summed E-state index contributed by atoms with van der Waals surface area (Å²) in [5, 5.41) is 2.99. The summed E-state index contributed by atoms with van der Waals surface area (Å²) in [7, 11) is 0. The Morgan fingerprint density at radius 2 is 1.83 bits per heavy atom. The van der Waals surface area contributed by atoms with Crippen LogP contribution in [0.15, 0.2) is 0 Å². The molecule has 72 valence electrons. The molecule has 0 radical (unpaired) electrons. The average molecular weight is 246 g/mol. The van der Waals surface area contributed by atoms with Crippen LogP contribution in [0.1, 0.15) is 12.8 Å². The standard InChI is InChI=1S/C7H11BrF3N/c8-7(10,11)6(9)5-1-3-12-4-2-5/h5-6,12H,1-4H2. The molecule has 12 heavy (non-hydrogen) atoms. The van der Waals surface area contributed by atoms with Crippen LogP contribution >= 0.6 is 15.9 Å². The first-order valence-corrected chi connectivity index (χ1v) is 4.72. The van der Waals surface area contributed by atoms with E-state index < -0.39 is 16.9 Å². The first kappa shape index (κ1) is 10.3. The summed E-state index contributed by atoms with van der Waals surface area (Å²) in [5.41, 5.74) is 0. The van der Waals surface area contributed by atoms with E-state index in [1.165, 1.54) is 0 Å². The van der Waals surface area contributed by atoms with Gasteiger partial charge in [0.2, 0.25) is 0 Å². The maximum absolute atomic E-state index is 13.0. The third kappa shape index (κ3) is 2.62. The Labute approximate surface area is 77.8 Å². The van der Waals surface area contributed by atoms with E-state index in [9.17, 15) is 13.2 Å². The lowest BCUT2D eigenvalue weighted by molar-refractivity contribution is -0.0159. The Balaban J connectivity index is 2.45. The van der Waals surface area contributed by atoms with Crippen LogP contribution in [0.4, 0.5) is 13.2 Å². The molecular weight excluding hydrogens is 235 g/mol. The van der Waals surface area contributed by atoms with Gasteiger partial charge in [-0.3, -0.25) is 0 Å². The van der Waals surface area contributed by atoms with Gasteiger partial charge in [0.1, 0.15) is 0 Å². The summed E-state index contributed by atoms with van der Waals surface area (Å²) in [4.78, 5) is -3.37. The second kappa shape index (κ2) is 3.96. The van der Waals surface area contributed by atoms with Crippen LogP contribution in [-0.4, -0.2) is 24.1 Å². The van der Waals surface area contributed by atoms with Gasteiger partial charge in [-0.05, 0) is 47.8 Å². The first-order chi connectivity index (χ1) is 5.52. The van der Waals surface area contributed by atoms with E-state index in [1.54, 1.807) is 0 Å². The molecule has 0 aromatic rings. The van der Waals surface area contributed by atoms with Crippen molar-refractivity contribution in [3.8, 4) is 0 Å². The molecule has 0 spiro atoms. The first-order valence-electron chi connectivity index (χ1n) is 3.93. The highest BCUT2D eigenvalue weighted by Gasteiger charge is 2.42. The van der Waals surface area contributed by atoms with E-state index in [2.05, 4.69) is 21.2 Å². The average Bonchev–Trinajstić information content (AvgIpc) is 2.03. The van der Waals surface area contributed by atoms with Crippen LogP contribution in [0, 0.1) is 5.92 Å². The van der Waals surface area contributed by atoms with E-state index in [0.29, 0.717) is 25.9 Å². The quantitative estimate of drug-likeness (QED) is 0.737. The molecule has 1 aliphatic rings. The zero-order chi connectivity index (χ0) is 9.19. The molecule has 5 heteroatoms. The van der Waals surface area contributed by atoms with E-state index in [4.69, 9.17) is 0 Å². The van der Waals surface area contributed by atoms with Crippen LogP contribution < -0.4 is 5.32 Å². The van der Waals surface area contributed by atoms with Gasteiger partial charge in [0.15, 0.2) is 6.17 Å². The van der Waals surface area contributed by atoms with Crippen LogP contribution in [0.5, 0.6) is 0 Å². The number of hydrogen-bond acceptors (Lipinski definition) is 1. The van der Waals surface area contributed by atoms with Gasteiger partial charge in [-0.15, -0.1) is 0 Å². The summed E-state index contributed by atoms with van der Waals surface area (Å²) < 4.78 is 37.8. The minimum Gasteiger partial charge on any atom is -0.317 e. The predicted octanol–water partition coefficient (Wildman–Crippen LogP) is 2.31. The highest BCUT2D eigenvalue weighted by Crippen LogP contribution is 2.36. The fraction of sp³-hybridized carbons (Fsp3) is 1.00. The molecule has 0 aromatic carbocycles. The predicted molar refractivity (Wildman–Crippen MR) is 44.4 cm³/mol. The molecule has 1 fully saturated rings. The second-order valence-electron chi connectivity index (χ2n) is 3.03. The Hall–Kier alpha value is 0.230. The molecule has 1 nitrogen and oxygen atoms in total. The molecule has 0 aromatic heterocycles. The van der Waals surface area contributed by atoms with Crippen molar-refractivity contribution in [2.45, 2.75) is 23.8 Å². The van der Waals surface area contributed by atoms with E-state index in [1.807, 2.05) is 0 Å². The fourth-order valence-corrected chi connectivity index (χ4v) is 1.78. The van der Waals surface area contributed by atoms with Crippen LogP contribution in [-0.2, 0) is 0 Å². The molecule has 1 rings (SSSR count). The number of alkyl halides is 4. The summed E-state index contributed by atoms with van der Waals surface area (Å²) in [6.45, 7) is 1.27. The highest BCUT2D eigenvalue weighted by molar-refractivity contribution is 9.10. The van der Waals surface area contributed by atoms with E-state index in [-0.39, 0.29) is 0 Å². The molecule has 0 bridgehead atoms. The maximum Gasteiger partial charge on any atom is 0.332 e. The minimum absolute atomic E-state index is 0.488. The molecule has 1 N–H and O–H groups in total. The van der Waals surface area contributed by atoms with Crippen molar-refractivity contribution in [2.24, 2.45) is 5.92 Å². The largest absolute Gasteiger partial charge is 0.332 e. The lowest BCUT2D eigenvalue weighted by Gasteiger charge is -2.27. The number of rotatable bonds is 2. The zero-order valence-corrected chi connectivity index (χ0v) is 8.08.